The maximum Gasteiger partial charge on any atom is 0.133 e. The maximum atomic E-state index is 10.1. The molecule has 0 aliphatic heterocycles. The van der Waals surface area contributed by atoms with Gasteiger partial charge in [0, 0.05) is 5.56 Å². The summed E-state index contributed by atoms with van der Waals surface area (Å²) in [5.74, 6) is 1.52. The van der Waals surface area contributed by atoms with Gasteiger partial charge in [0.15, 0.2) is 0 Å². The molecule has 0 saturated carbocycles. The van der Waals surface area contributed by atoms with Gasteiger partial charge in [0.1, 0.15) is 11.5 Å². The Morgan fingerprint density at radius 2 is 1.76 bits per heavy atom. The van der Waals surface area contributed by atoms with Crippen molar-refractivity contribution in [3.8, 4) is 11.5 Å². The molecule has 2 nitrogen and oxygen atoms in total. The summed E-state index contributed by atoms with van der Waals surface area (Å²) in [5.41, 5.74) is 2.15. The van der Waals surface area contributed by atoms with Crippen LogP contribution in [0.15, 0.2) is 48.5 Å². The number of aliphatic hydroxyl groups excluding tert-OH is 1. The predicted octanol–water partition coefficient (Wildman–Crippen LogP) is 5.22. The first kappa shape index (κ1) is 15.6. The summed E-state index contributed by atoms with van der Waals surface area (Å²) >= 11 is 0. The summed E-state index contributed by atoms with van der Waals surface area (Å²) in [5, 5.41) is 10.1. The monoisotopic (exact) mass is 284 g/mol. The van der Waals surface area contributed by atoms with Crippen LogP contribution in [0.1, 0.15) is 51.3 Å². The highest BCUT2D eigenvalue weighted by molar-refractivity contribution is 5.41. The van der Waals surface area contributed by atoms with E-state index in [0.717, 1.165) is 17.1 Å². The summed E-state index contributed by atoms with van der Waals surface area (Å²) in [7, 11) is 0. The average molecular weight is 284 g/mol. The number of aliphatic hydroxyl groups is 1. The Hall–Kier alpha value is -1.80. The molecule has 1 unspecified atom stereocenters. The van der Waals surface area contributed by atoms with Crippen molar-refractivity contribution in [2.45, 2.75) is 45.6 Å². The molecule has 0 bridgehead atoms. The first-order valence-corrected chi connectivity index (χ1v) is 7.47. The van der Waals surface area contributed by atoms with Crippen LogP contribution in [-0.4, -0.2) is 5.11 Å². The molecule has 0 spiro atoms. The molecule has 112 valence electrons. The first-order chi connectivity index (χ1) is 9.91. The van der Waals surface area contributed by atoms with E-state index in [-0.39, 0.29) is 5.41 Å². The van der Waals surface area contributed by atoms with E-state index in [1.807, 2.05) is 43.3 Å². The van der Waals surface area contributed by atoms with Crippen molar-refractivity contribution in [1.82, 2.24) is 0 Å². The van der Waals surface area contributed by atoms with Crippen LogP contribution in [0.5, 0.6) is 11.5 Å². The van der Waals surface area contributed by atoms with Crippen molar-refractivity contribution >= 4 is 0 Å². The van der Waals surface area contributed by atoms with Gasteiger partial charge >= 0.3 is 0 Å². The lowest BCUT2D eigenvalue weighted by Gasteiger charge is -2.20. The fraction of sp³-hybridized carbons (Fsp3) is 0.368. The molecule has 0 aliphatic rings. The highest BCUT2D eigenvalue weighted by atomic mass is 16.5. The van der Waals surface area contributed by atoms with Gasteiger partial charge in [0.2, 0.25) is 0 Å². The second-order valence-electron chi connectivity index (χ2n) is 6.34. The van der Waals surface area contributed by atoms with Crippen LogP contribution in [0.4, 0.5) is 0 Å². The minimum Gasteiger partial charge on any atom is -0.457 e. The Labute approximate surface area is 127 Å². The maximum absolute atomic E-state index is 10.1. The van der Waals surface area contributed by atoms with Gasteiger partial charge in [-0.3, -0.25) is 0 Å². The minimum atomic E-state index is -0.494. The molecule has 2 heteroatoms. The molecule has 0 heterocycles. The van der Waals surface area contributed by atoms with Crippen molar-refractivity contribution in [1.29, 1.82) is 0 Å². The summed E-state index contributed by atoms with van der Waals surface area (Å²) in [6, 6.07) is 15.8. The van der Waals surface area contributed by atoms with Crippen LogP contribution in [0.3, 0.4) is 0 Å². The van der Waals surface area contributed by atoms with Crippen molar-refractivity contribution in [3.63, 3.8) is 0 Å². The van der Waals surface area contributed by atoms with Gasteiger partial charge in [0.25, 0.3) is 0 Å². The second-order valence-corrected chi connectivity index (χ2v) is 6.34. The summed E-state index contributed by atoms with van der Waals surface area (Å²) < 4.78 is 6.01. The molecule has 0 saturated heterocycles. The number of hydrogen-bond donors (Lipinski definition) is 1. The van der Waals surface area contributed by atoms with Crippen LogP contribution in [0, 0.1) is 0 Å². The largest absolute Gasteiger partial charge is 0.457 e. The van der Waals surface area contributed by atoms with E-state index >= 15 is 0 Å². The quantitative estimate of drug-likeness (QED) is 0.834. The predicted molar refractivity (Wildman–Crippen MR) is 86.9 cm³/mol. The molecule has 21 heavy (non-hydrogen) atoms. The highest BCUT2D eigenvalue weighted by Crippen LogP contribution is 2.32. The lowest BCUT2D eigenvalue weighted by atomic mass is 9.87. The van der Waals surface area contributed by atoms with Crippen LogP contribution < -0.4 is 4.74 Å². The van der Waals surface area contributed by atoms with Gasteiger partial charge in [-0.1, -0.05) is 58.0 Å². The molecule has 0 radical (unpaired) electrons. The van der Waals surface area contributed by atoms with Crippen molar-refractivity contribution in [2.75, 3.05) is 0 Å². The van der Waals surface area contributed by atoms with Crippen molar-refractivity contribution < 1.29 is 9.84 Å². The van der Waals surface area contributed by atoms with Crippen molar-refractivity contribution in [3.05, 3.63) is 59.7 Å². The molecule has 0 aromatic heterocycles. The molecule has 2 rings (SSSR count). The Kier molecular flexibility index (Phi) is 4.69. The summed E-state index contributed by atoms with van der Waals surface area (Å²) in [6.45, 7) is 8.50. The number of para-hydroxylation sites is 1. The van der Waals surface area contributed by atoms with Gasteiger partial charge in [-0.2, -0.15) is 0 Å². The summed E-state index contributed by atoms with van der Waals surface area (Å²) in [4.78, 5) is 0. The Bertz CT molecular complexity index is 597. The van der Waals surface area contributed by atoms with Gasteiger partial charge < -0.3 is 9.84 Å². The Balaban J connectivity index is 2.31. The lowest BCUT2D eigenvalue weighted by Crippen LogP contribution is -2.10. The number of ether oxygens (including phenoxy) is 1. The van der Waals surface area contributed by atoms with E-state index in [2.05, 4.69) is 32.9 Å². The van der Waals surface area contributed by atoms with E-state index in [0.29, 0.717) is 6.42 Å². The van der Waals surface area contributed by atoms with Crippen LogP contribution in [0.2, 0.25) is 0 Å². The smallest absolute Gasteiger partial charge is 0.133 e. The fourth-order valence-corrected chi connectivity index (χ4v) is 2.22. The summed E-state index contributed by atoms with van der Waals surface area (Å²) in [6.07, 6.45) is 0.176. The fourth-order valence-electron chi connectivity index (χ4n) is 2.22. The zero-order chi connectivity index (χ0) is 15.5. The van der Waals surface area contributed by atoms with E-state index in [9.17, 15) is 5.11 Å². The highest BCUT2D eigenvalue weighted by Gasteiger charge is 2.15. The van der Waals surface area contributed by atoms with Gasteiger partial charge in [-0.25, -0.2) is 0 Å². The van der Waals surface area contributed by atoms with Gasteiger partial charge in [0.05, 0.1) is 6.10 Å². The zero-order valence-electron chi connectivity index (χ0n) is 13.3. The topological polar surface area (TPSA) is 29.5 Å². The normalized spacial score (nSPS) is 13.0. The third-order valence-corrected chi connectivity index (χ3v) is 3.59. The second kappa shape index (κ2) is 6.31. The van der Waals surface area contributed by atoms with E-state index < -0.39 is 6.10 Å². The van der Waals surface area contributed by atoms with Crippen LogP contribution in [-0.2, 0) is 5.41 Å². The standard InChI is InChI=1S/C19H24O2/c1-5-17(20)16-11-6-7-12-18(16)21-15-10-8-9-14(13-15)19(2,3)4/h6-13,17,20H,5H2,1-4H3. The molecule has 1 atom stereocenters. The van der Waals surface area contributed by atoms with E-state index in [4.69, 9.17) is 4.74 Å². The van der Waals surface area contributed by atoms with E-state index in [1.54, 1.807) is 0 Å². The molecule has 2 aromatic carbocycles. The Morgan fingerprint density at radius 1 is 1.05 bits per heavy atom. The molecule has 1 N–H and O–H groups in total. The molecule has 0 aliphatic carbocycles. The number of hydrogen-bond acceptors (Lipinski definition) is 2. The van der Waals surface area contributed by atoms with Crippen LogP contribution >= 0.6 is 0 Å². The number of benzene rings is 2. The first-order valence-electron chi connectivity index (χ1n) is 7.47. The third-order valence-electron chi connectivity index (χ3n) is 3.59. The molecular formula is C19H24O2. The SMILES string of the molecule is CCC(O)c1ccccc1Oc1cccc(C(C)(C)C)c1. The van der Waals surface area contributed by atoms with Crippen LogP contribution in [0.25, 0.3) is 0 Å². The Morgan fingerprint density at radius 3 is 2.43 bits per heavy atom. The molecule has 0 amide bonds. The van der Waals surface area contributed by atoms with Gasteiger partial charge in [-0.05, 0) is 35.6 Å². The molecule has 0 fully saturated rings. The molecular weight excluding hydrogens is 260 g/mol. The zero-order valence-corrected chi connectivity index (χ0v) is 13.3. The van der Waals surface area contributed by atoms with E-state index in [1.165, 1.54) is 5.56 Å². The third kappa shape index (κ3) is 3.85. The van der Waals surface area contributed by atoms with Gasteiger partial charge in [-0.15, -0.1) is 0 Å². The van der Waals surface area contributed by atoms with Crippen molar-refractivity contribution in [2.24, 2.45) is 0 Å². The number of rotatable bonds is 4. The average Bonchev–Trinajstić information content (AvgIpc) is 2.46. The lowest BCUT2D eigenvalue weighted by molar-refractivity contribution is 0.170. The molecule has 2 aromatic rings. The minimum absolute atomic E-state index is 0.0851.